The Morgan fingerprint density at radius 3 is 0.500 bits per heavy atom. The van der Waals surface area contributed by atoms with Crippen LogP contribution in [0.2, 0.25) is 0 Å². The van der Waals surface area contributed by atoms with Crippen molar-refractivity contribution in [2.75, 3.05) is 69.8 Å². The van der Waals surface area contributed by atoms with Crippen LogP contribution in [0.3, 0.4) is 0 Å². The molecule has 8 heteroatoms. The fourth-order valence-corrected chi connectivity index (χ4v) is 12.3. The molecular weight excluding hydrogens is 1120 g/mol. The zero-order valence-corrected chi connectivity index (χ0v) is 54.0. The minimum Gasteiger partial charge on any atom is -0.497 e. The first-order valence-electron chi connectivity index (χ1n) is 32.1. The van der Waals surface area contributed by atoms with E-state index < -0.39 is 0 Å². The third-order valence-corrected chi connectivity index (χ3v) is 17.5. The van der Waals surface area contributed by atoms with E-state index in [4.69, 9.17) is 9.47 Å². The Labute approximate surface area is 544 Å². The van der Waals surface area contributed by atoms with E-state index >= 15 is 0 Å². The van der Waals surface area contributed by atoms with Crippen LogP contribution in [0.4, 0.5) is 79.6 Å². The van der Waals surface area contributed by atoms with Gasteiger partial charge in [-0.1, -0.05) is 108 Å². The number of benzene rings is 12. The monoisotopic (exact) mass is 1200 g/mol. The van der Waals surface area contributed by atoms with Gasteiger partial charge in [0.05, 0.1) is 14.2 Å². The number of ether oxygens (including phenoxy) is 2. The van der Waals surface area contributed by atoms with E-state index in [1.54, 1.807) is 14.2 Å². The average Bonchev–Trinajstić information content (AvgIpc) is 1.82. The third-order valence-electron chi connectivity index (χ3n) is 17.5. The summed E-state index contributed by atoms with van der Waals surface area (Å²) in [4.78, 5) is 14.0. The maximum Gasteiger partial charge on any atom is 0.119 e. The fraction of sp³-hybridized carbons (Fsp3) is 0.143. The summed E-state index contributed by atoms with van der Waals surface area (Å²) in [7, 11) is 3.40. The number of methoxy groups -OCH3 is 2. The second-order valence-corrected chi connectivity index (χ2v) is 23.1. The van der Waals surface area contributed by atoms with E-state index in [9.17, 15) is 0 Å². The van der Waals surface area contributed by atoms with Gasteiger partial charge in [0.15, 0.2) is 0 Å². The molecule has 8 nitrogen and oxygen atoms in total. The predicted octanol–water partition coefficient (Wildman–Crippen LogP) is 22.9. The Bertz CT molecular complexity index is 4000. The van der Waals surface area contributed by atoms with Gasteiger partial charge in [-0.05, 0) is 269 Å². The summed E-state index contributed by atoms with van der Waals surface area (Å²) in [6.45, 7) is 16.9. The Morgan fingerprint density at radius 1 is 0.196 bits per heavy atom. The van der Waals surface area contributed by atoms with Gasteiger partial charge >= 0.3 is 0 Å². The van der Waals surface area contributed by atoms with Crippen LogP contribution in [0.5, 0.6) is 11.5 Å². The van der Waals surface area contributed by atoms with Gasteiger partial charge in [-0.25, -0.2) is 0 Å². The number of hydrogen-bond acceptors (Lipinski definition) is 8. The molecule has 92 heavy (non-hydrogen) atoms. The molecule has 0 saturated heterocycles. The average molecular weight is 1210 g/mol. The number of aryl methyl sites for hydroxylation is 2. The normalized spacial score (nSPS) is 11.0. The highest BCUT2D eigenvalue weighted by atomic mass is 16.5. The summed E-state index contributed by atoms with van der Waals surface area (Å²) in [5.41, 5.74) is 24.7. The van der Waals surface area contributed by atoms with Crippen LogP contribution < -0.4 is 38.9 Å². The molecule has 0 bridgehead atoms. The first-order valence-corrected chi connectivity index (χ1v) is 32.1. The summed E-state index contributed by atoms with van der Waals surface area (Å²) >= 11 is 0. The maximum atomic E-state index is 5.50. The summed E-state index contributed by atoms with van der Waals surface area (Å²) < 4.78 is 11.0. The van der Waals surface area contributed by atoms with Crippen LogP contribution >= 0.6 is 0 Å². The van der Waals surface area contributed by atoms with Crippen molar-refractivity contribution < 1.29 is 9.47 Å². The number of anilines is 14. The highest BCUT2D eigenvalue weighted by Gasteiger charge is 2.20. The van der Waals surface area contributed by atoms with E-state index in [0.717, 1.165) is 139 Å². The Morgan fingerprint density at radius 2 is 0.337 bits per heavy atom. The summed E-state index contributed by atoms with van der Waals surface area (Å²) in [6.07, 6.45) is 0. The van der Waals surface area contributed by atoms with Crippen molar-refractivity contribution >= 4 is 79.6 Å². The highest BCUT2D eigenvalue weighted by molar-refractivity contribution is 5.85. The molecule has 0 aliphatic rings. The zero-order chi connectivity index (χ0) is 63.5. The minimum absolute atomic E-state index is 0.828. The zero-order valence-electron chi connectivity index (χ0n) is 54.0. The molecule has 0 amide bonds. The van der Waals surface area contributed by atoms with E-state index in [1.165, 1.54) is 22.5 Å². The minimum atomic E-state index is 0.828. The molecule has 0 N–H and O–H groups in total. The van der Waals surface area contributed by atoms with Crippen LogP contribution in [0.25, 0.3) is 33.4 Å². The highest BCUT2D eigenvalue weighted by Crippen LogP contribution is 2.43. The van der Waals surface area contributed by atoms with Gasteiger partial charge in [-0.3, -0.25) is 0 Å². The molecule has 0 unspecified atom stereocenters. The van der Waals surface area contributed by atoms with Gasteiger partial charge in [-0.2, -0.15) is 0 Å². The van der Waals surface area contributed by atoms with Crippen molar-refractivity contribution in [1.82, 2.24) is 0 Å². The Kier molecular flexibility index (Phi) is 18.8. The smallest absolute Gasteiger partial charge is 0.119 e. The molecule has 0 aromatic heterocycles. The first kappa shape index (κ1) is 61.3. The van der Waals surface area contributed by atoms with E-state index in [0.29, 0.717) is 0 Å². The molecular formula is C84H80N6O2. The maximum absolute atomic E-state index is 5.50. The van der Waals surface area contributed by atoms with Gasteiger partial charge in [0.2, 0.25) is 0 Å². The quantitative estimate of drug-likeness (QED) is 0.0627. The topological polar surface area (TPSA) is 37.9 Å². The summed E-state index contributed by atoms with van der Waals surface area (Å²) in [5.74, 6) is 1.66. The lowest BCUT2D eigenvalue weighted by Gasteiger charge is -2.28. The van der Waals surface area contributed by atoms with Crippen molar-refractivity contribution in [3.8, 4) is 44.9 Å². The van der Waals surface area contributed by atoms with Gasteiger partial charge in [0.1, 0.15) is 11.5 Å². The first-order chi connectivity index (χ1) is 45.1. The Hall–Kier alpha value is -11.0. The van der Waals surface area contributed by atoms with Crippen molar-refractivity contribution in [3.05, 3.63) is 302 Å². The van der Waals surface area contributed by atoms with Crippen LogP contribution in [-0.4, -0.2) is 40.4 Å². The molecule has 0 aliphatic heterocycles. The number of rotatable bonds is 23. The number of hydrogen-bond donors (Lipinski definition) is 0. The van der Waals surface area contributed by atoms with Crippen LogP contribution in [0.15, 0.2) is 291 Å². The second kappa shape index (κ2) is 28.3. The van der Waals surface area contributed by atoms with Gasteiger partial charge in [-0.15, -0.1) is 0 Å². The molecule has 0 aliphatic carbocycles. The standard InChI is InChI=1S/C84H80N6O2/c1-9-85(10-2)69-45-49-79(50-46-69)89(75-37-21-65(22-38-75)63-17-33-73(34-18-63)87(71-29-13-61(5)14-30-71)81-53-57-83(91-7)58-54-81)77-41-25-67(26-42-77)68-27-43-78(44-28-68)90(80-51-47-70(48-52-80)86(11-3)12-4)76-39-23-66(24-40-76)64-19-35-74(36-20-64)88(72-31-15-62(6)16-32-72)82-55-59-84(92-8)60-56-82/h13-60H,9-12H2,1-8H3. The van der Waals surface area contributed by atoms with Crippen molar-refractivity contribution in [3.63, 3.8) is 0 Å². The largest absolute Gasteiger partial charge is 0.497 e. The summed E-state index contributed by atoms with van der Waals surface area (Å²) in [5, 5.41) is 0. The predicted molar refractivity (Wildman–Crippen MR) is 391 cm³/mol. The van der Waals surface area contributed by atoms with Gasteiger partial charge < -0.3 is 38.9 Å². The van der Waals surface area contributed by atoms with E-state index in [2.05, 4.69) is 338 Å². The molecule has 12 aromatic rings. The van der Waals surface area contributed by atoms with Crippen molar-refractivity contribution in [2.45, 2.75) is 41.5 Å². The summed E-state index contributed by atoms with van der Waals surface area (Å²) in [6, 6.07) is 105. The molecule has 0 heterocycles. The van der Waals surface area contributed by atoms with E-state index in [1.807, 2.05) is 24.3 Å². The molecule has 0 radical (unpaired) electrons. The lowest BCUT2D eigenvalue weighted by molar-refractivity contribution is 0.414. The van der Waals surface area contributed by atoms with Gasteiger partial charge in [0.25, 0.3) is 0 Å². The molecule has 12 aromatic carbocycles. The molecule has 12 rings (SSSR count). The van der Waals surface area contributed by atoms with Crippen molar-refractivity contribution in [1.29, 1.82) is 0 Å². The molecule has 458 valence electrons. The van der Waals surface area contributed by atoms with Crippen LogP contribution in [-0.2, 0) is 0 Å². The molecule has 0 atom stereocenters. The lowest BCUT2D eigenvalue weighted by atomic mass is 10.0. The van der Waals surface area contributed by atoms with E-state index in [-0.39, 0.29) is 0 Å². The SMILES string of the molecule is CCN(CC)c1ccc(N(c2ccc(-c3ccc(N(c4ccc(C)cc4)c4ccc(OC)cc4)cc3)cc2)c2ccc(-c3ccc(N(c4ccc(-c5ccc(N(c6ccc(C)cc6)c6ccc(OC)cc6)cc5)cc4)c4ccc(N(CC)CC)cc4)cc3)cc2)cc1. The molecule has 0 spiro atoms. The van der Waals surface area contributed by atoms with Crippen LogP contribution in [0, 0.1) is 13.8 Å². The second-order valence-electron chi connectivity index (χ2n) is 23.1. The van der Waals surface area contributed by atoms with Gasteiger partial charge in [0, 0.05) is 106 Å². The van der Waals surface area contributed by atoms with Crippen molar-refractivity contribution in [2.24, 2.45) is 0 Å². The number of nitrogens with zero attached hydrogens (tertiary/aromatic N) is 6. The van der Waals surface area contributed by atoms with Crippen LogP contribution in [0.1, 0.15) is 38.8 Å². The third kappa shape index (κ3) is 13.5. The lowest BCUT2D eigenvalue weighted by Crippen LogP contribution is -2.21. The Balaban J connectivity index is 0.815. The molecule has 0 fully saturated rings. The molecule has 0 saturated carbocycles. The fourth-order valence-electron chi connectivity index (χ4n) is 12.3.